The van der Waals surface area contributed by atoms with Crippen molar-refractivity contribution in [2.75, 3.05) is 31.2 Å². The van der Waals surface area contributed by atoms with Gasteiger partial charge < -0.3 is 20.5 Å². The van der Waals surface area contributed by atoms with Crippen LogP contribution in [0.4, 0.5) is 5.69 Å². The fourth-order valence-electron chi connectivity index (χ4n) is 5.95. The number of carboxylic acids is 1. The van der Waals surface area contributed by atoms with Crippen molar-refractivity contribution >= 4 is 39.0 Å². The number of hydrogen-bond donors (Lipinski definition) is 2. The molecule has 0 radical (unpaired) electrons. The molecule has 9 nitrogen and oxygen atoms in total. The number of anilines is 1. The number of primary amides is 1. The lowest BCUT2D eigenvalue weighted by Crippen LogP contribution is -2.66. The lowest BCUT2D eigenvalue weighted by atomic mass is 9.77. The van der Waals surface area contributed by atoms with Gasteiger partial charge in [-0.25, -0.2) is 8.42 Å². The number of amides is 1. The molecule has 1 aromatic rings. The van der Waals surface area contributed by atoms with Gasteiger partial charge in [0.25, 0.3) is 0 Å². The predicted molar refractivity (Wildman–Crippen MR) is 117 cm³/mol. The Labute approximate surface area is 196 Å². The molecule has 0 bridgehead atoms. The first-order chi connectivity index (χ1) is 15.5. The molecule has 5 rings (SSSR count). The third-order valence-corrected chi connectivity index (χ3v) is 10.8. The van der Waals surface area contributed by atoms with Crippen LogP contribution in [0, 0.1) is 33.5 Å². The minimum absolute atomic E-state index is 0.0291. The third kappa shape index (κ3) is 3.09. The molecule has 4 fully saturated rings. The molecule has 1 amide bonds. The van der Waals surface area contributed by atoms with E-state index in [9.17, 15) is 28.4 Å². The summed E-state index contributed by atoms with van der Waals surface area (Å²) in [5, 5.41) is 18.6. The Morgan fingerprint density at radius 3 is 2.45 bits per heavy atom. The molecule has 1 spiro atoms. The van der Waals surface area contributed by atoms with Gasteiger partial charge in [0.2, 0.25) is 5.91 Å². The fraction of sp³-hybridized carbons (Fsp3) is 0.591. The van der Waals surface area contributed by atoms with Crippen LogP contribution in [-0.4, -0.2) is 57.0 Å². The Morgan fingerprint density at radius 1 is 1.27 bits per heavy atom. The molecular weight excluding hydrogens is 470 g/mol. The van der Waals surface area contributed by atoms with E-state index in [0.717, 1.165) is 32.0 Å². The Hall–Kier alpha value is -2.35. The van der Waals surface area contributed by atoms with Crippen LogP contribution >= 0.6 is 11.6 Å². The lowest BCUT2D eigenvalue weighted by Gasteiger charge is -2.56. The largest absolute Gasteiger partial charge is 0.481 e. The molecule has 2 unspecified atom stereocenters. The number of halogens is 1. The van der Waals surface area contributed by atoms with Crippen molar-refractivity contribution in [3.05, 3.63) is 23.2 Å². The Balaban J connectivity index is 1.37. The summed E-state index contributed by atoms with van der Waals surface area (Å²) in [7, 11) is -3.92. The smallest absolute Gasteiger partial charge is 0.310 e. The molecule has 0 aromatic heterocycles. The molecule has 33 heavy (non-hydrogen) atoms. The molecule has 176 valence electrons. The van der Waals surface area contributed by atoms with Gasteiger partial charge in [0.05, 0.1) is 45.3 Å². The van der Waals surface area contributed by atoms with E-state index in [1.807, 2.05) is 6.07 Å². The zero-order valence-electron chi connectivity index (χ0n) is 17.8. The number of aliphatic carboxylic acids is 1. The second-order valence-corrected chi connectivity index (χ2v) is 12.6. The maximum atomic E-state index is 13.4. The van der Waals surface area contributed by atoms with Crippen molar-refractivity contribution in [3.8, 4) is 6.07 Å². The molecule has 2 saturated carbocycles. The standard InChI is InChI=1S/C22H24ClN3O6S/c23-15-5-13(26-9-20(10-26)11-32-12-20)1-2-16(15)33(30,31)14-3-4-21(6-14,19(28)29)17-7-22(17,8-24)18(25)27/h1-2,5,14,17H,3-4,6-7,9-12H2,(H2,25,27)(H,28,29)/t14-,17?,21+,22?/m0/s1. The van der Waals surface area contributed by atoms with Gasteiger partial charge in [-0.3, -0.25) is 9.59 Å². The minimum Gasteiger partial charge on any atom is -0.481 e. The summed E-state index contributed by atoms with van der Waals surface area (Å²) in [6.07, 6.45) is 0.0217. The van der Waals surface area contributed by atoms with Crippen LogP contribution in [0.5, 0.6) is 0 Å². The number of carbonyl (C=O) groups is 2. The average Bonchev–Trinajstić information content (AvgIpc) is 3.27. The Bertz CT molecular complexity index is 1200. The van der Waals surface area contributed by atoms with Gasteiger partial charge in [0.1, 0.15) is 5.41 Å². The zero-order valence-corrected chi connectivity index (χ0v) is 19.4. The van der Waals surface area contributed by atoms with E-state index in [2.05, 4.69) is 4.90 Å². The summed E-state index contributed by atoms with van der Waals surface area (Å²) in [6.45, 7) is 3.14. The van der Waals surface area contributed by atoms with Gasteiger partial charge in [-0.2, -0.15) is 5.26 Å². The Kier molecular flexibility index (Phi) is 4.81. The second-order valence-electron chi connectivity index (χ2n) is 10.0. The molecule has 2 aliphatic carbocycles. The quantitative estimate of drug-likeness (QED) is 0.606. The highest BCUT2D eigenvalue weighted by atomic mass is 35.5. The molecule has 2 aliphatic heterocycles. The van der Waals surface area contributed by atoms with Gasteiger partial charge in [0.15, 0.2) is 9.84 Å². The number of benzene rings is 1. The van der Waals surface area contributed by atoms with E-state index in [0.29, 0.717) is 0 Å². The van der Waals surface area contributed by atoms with Crippen LogP contribution in [0.3, 0.4) is 0 Å². The van der Waals surface area contributed by atoms with Crippen LogP contribution in [0.2, 0.25) is 5.02 Å². The number of carboxylic acid groups (broad SMARTS) is 1. The molecule has 1 aromatic carbocycles. The highest BCUT2D eigenvalue weighted by Gasteiger charge is 2.72. The first-order valence-corrected chi connectivity index (χ1v) is 12.7. The van der Waals surface area contributed by atoms with Crippen LogP contribution in [0.1, 0.15) is 25.7 Å². The van der Waals surface area contributed by atoms with Crippen LogP contribution in [-0.2, 0) is 24.2 Å². The second kappa shape index (κ2) is 7.08. The molecule has 2 saturated heterocycles. The molecule has 2 heterocycles. The van der Waals surface area contributed by atoms with Gasteiger partial charge in [-0.15, -0.1) is 0 Å². The summed E-state index contributed by atoms with van der Waals surface area (Å²) in [5.41, 5.74) is 3.39. The van der Waals surface area contributed by atoms with E-state index in [1.54, 1.807) is 12.1 Å². The van der Waals surface area contributed by atoms with Crippen molar-refractivity contribution in [3.63, 3.8) is 0 Å². The zero-order chi connectivity index (χ0) is 23.8. The number of hydrogen-bond acceptors (Lipinski definition) is 7. The highest BCUT2D eigenvalue weighted by Crippen LogP contribution is 2.66. The van der Waals surface area contributed by atoms with Crippen molar-refractivity contribution in [1.29, 1.82) is 5.26 Å². The molecule has 3 N–H and O–H groups in total. The highest BCUT2D eigenvalue weighted by molar-refractivity contribution is 7.92. The van der Waals surface area contributed by atoms with Gasteiger partial charge in [0, 0.05) is 24.7 Å². The van der Waals surface area contributed by atoms with E-state index in [1.165, 1.54) is 6.07 Å². The normalized spacial score (nSPS) is 34.2. The van der Waals surface area contributed by atoms with Gasteiger partial charge >= 0.3 is 5.97 Å². The monoisotopic (exact) mass is 493 g/mol. The fourth-order valence-corrected chi connectivity index (χ4v) is 8.34. The maximum Gasteiger partial charge on any atom is 0.310 e. The summed E-state index contributed by atoms with van der Waals surface area (Å²) in [5.74, 6) is -2.85. The van der Waals surface area contributed by atoms with Crippen molar-refractivity contribution < 1.29 is 27.9 Å². The number of carbonyl (C=O) groups excluding carboxylic acids is 1. The molecule has 4 atom stereocenters. The summed E-state index contributed by atoms with van der Waals surface area (Å²) in [4.78, 5) is 26.2. The number of rotatable bonds is 6. The SMILES string of the molecule is N#CC1(C(N)=O)CC1[C@@]1(C(=O)O)CC[C@H](S(=O)(=O)c2ccc(N3CC4(COC4)C3)cc2Cl)C1. The number of nitrogens with zero attached hydrogens (tertiary/aromatic N) is 2. The molecular formula is C22H24ClN3O6S. The topological polar surface area (TPSA) is 151 Å². The third-order valence-electron chi connectivity index (χ3n) is 8.09. The van der Waals surface area contributed by atoms with Crippen molar-refractivity contribution in [1.82, 2.24) is 0 Å². The average molecular weight is 494 g/mol. The van der Waals surface area contributed by atoms with E-state index >= 15 is 0 Å². The van der Waals surface area contributed by atoms with Crippen LogP contribution < -0.4 is 10.6 Å². The van der Waals surface area contributed by atoms with Crippen molar-refractivity contribution in [2.45, 2.75) is 35.8 Å². The van der Waals surface area contributed by atoms with Gasteiger partial charge in [-0.1, -0.05) is 11.6 Å². The summed E-state index contributed by atoms with van der Waals surface area (Å²) >= 11 is 6.40. The summed E-state index contributed by atoms with van der Waals surface area (Å²) < 4.78 is 32.1. The van der Waals surface area contributed by atoms with Crippen molar-refractivity contribution in [2.24, 2.45) is 27.9 Å². The van der Waals surface area contributed by atoms with E-state index in [4.69, 9.17) is 22.1 Å². The Morgan fingerprint density at radius 2 is 1.97 bits per heavy atom. The van der Waals surface area contributed by atoms with E-state index < -0.39 is 43.7 Å². The summed E-state index contributed by atoms with van der Waals surface area (Å²) in [6, 6.07) is 6.71. The van der Waals surface area contributed by atoms with E-state index in [-0.39, 0.29) is 41.0 Å². The first kappa shape index (κ1) is 22.4. The van der Waals surface area contributed by atoms with Gasteiger partial charge in [-0.05, 0) is 43.9 Å². The minimum atomic E-state index is -3.92. The molecule has 4 aliphatic rings. The number of nitrogens with two attached hydrogens (primary N) is 1. The number of ether oxygens (including phenoxy) is 1. The number of nitriles is 1. The number of sulfone groups is 1. The van der Waals surface area contributed by atoms with Crippen LogP contribution in [0.15, 0.2) is 23.1 Å². The lowest BCUT2D eigenvalue weighted by molar-refractivity contribution is -0.150. The predicted octanol–water partition coefficient (Wildman–Crippen LogP) is 1.59. The first-order valence-electron chi connectivity index (χ1n) is 10.8. The molecule has 11 heteroatoms. The van der Waals surface area contributed by atoms with Crippen LogP contribution in [0.25, 0.3) is 0 Å². The maximum absolute atomic E-state index is 13.4.